The third-order valence-electron chi connectivity index (χ3n) is 5.21. The van der Waals surface area contributed by atoms with Crippen molar-refractivity contribution in [1.29, 1.82) is 0 Å². The van der Waals surface area contributed by atoms with Crippen molar-refractivity contribution in [2.75, 3.05) is 31.6 Å². The molecule has 0 unspecified atom stereocenters. The molecule has 2 heterocycles. The maximum Gasteiger partial charge on any atom is 0.260 e. The van der Waals surface area contributed by atoms with Gasteiger partial charge in [0.05, 0.1) is 11.3 Å². The molecule has 0 radical (unpaired) electrons. The number of anilines is 1. The first kappa shape index (κ1) is 17.4. The van der Waals surface area contributed by atoms with Crippen molar-refractivity contribution in [2.45, 2.75) is 19.0 Å². The van der Waals surface area contributed by atoms with Crippen LogP contribution in [0.3, 0.4) is 0 Å². The van der Waals surface area contributed by atoms with Crippen molar-refractivity contribution in [3.63, 3.8) is 0 Å². The Kier molecular flexibility index (Phi) is 4.71. The molecule has 1 fully saturated rings. The summed E-state index contributed by atoms with van der Waals surface area (Å²) >= 11 is 0. The van der Waals surface area contributed by atoms with Crippen LogP contribution in [0.5, 0.6) is 5.75 Å². The van der Waals surface area contributed by atoms with Gasteiger partial charge in [0, 0.05) is 25.7 Å². The van der Waals surface area contributed by atoms with E-state index in [-0.39, 0.29) is 24.6 Å². The average molecular weight is 365 g/mol. The number of para-hydroxylation sites is 2. The van der Waals surface area contributed by atoms with Gasteiger partial charge >= 0.3 is 0 Å². The van der Waals surface area contributed by atoms with Crippen LogP contribution in [0.4, 0.5) is 5.69 Å². The van der Waals surface area contributed by atoms with Crippen LogP contribution < -0.4 is 15.0 Å². The lowest BCUT2D eigenvalue weighted by Gasteiger charge is -2.37. The molecule has 2 aliphatic heterocycles. The highest BCUT2D eigenvalue weighted by molar-refractivity contribution is 6.02. The summed E-state index contributed by atoms with van der Waals surface area (Å²) in [7, 11) is 1.94. The highest BCUT2D eigenvalue weighted by Crippen LogP contribution is 2.35. The molecule has 0 aliphatic carbocycles. The fourth-order valence-corrected chi connectivity index (χ4v) is 3.73. The number of fused-ring (bicyclic) bond motifs is 1. The van der Waals surface area contributed by atoms with Gasteiger partial charge in [-0.05, 0) is 31.0 Å². The molecule has 6 nitrogen and oxygen atoms in total. The molecule has 1 atom stereocenters. The number of benzene rings is 2. The third kappa shape index (κ3) is 3.35. The second-order valence-corrected chi connectivity index (χ2v) is 6.92. The number of nitrogens with one attached hydrogen (secondary N) is 1. The number of hydrogen-bond acceptors (Lipinski definition) is 4. The summed E-state index contributed by atoms with van der Waals surface area (Å²) in [5.41, 5.74) is 2.35. The second kappa shape index (κ2) is 7.31. The number of hydrogen-bond donors (Lipinski definition) is 1. The van der Waals surface area contributed by atoms with E-state index < -0.39 is 0 Å². The van der Waals surface area contributed by atoms with Gasteiger partial charge in [-0.2, -0.15) is 0 Å². The van der Waals surface area contributed by atoms with E-state index >= 15 is 0 Å². The first-order valence-corrected chi connectivity index (χ1v) is 9.27. The van der Waals surface area contributed by atoms with E-state index in [1.165, 1.54) is 0 Å². The minimum Gasteiger partial charge on any atom is -0.483 e. The molecule has 4 rings (SSSR count). The SMILES string of the molecule is CN1c2ccccc2C(=O)N[C@@H]1c1ccccc1OCC(=O)N1CCCC1. The van der Waals surface area contributed by atoms with Gasteiger partial charge < -0.3 is 19.9 Å². The predicted molar refractivity (Wildman–Crippen MR) is 103 cm³/mol. The van der Waals surface area contributed by atoms with Gasteiger partial charge in [0.2, 0.25) is 0 Å². The number of carbonyl (C=O) groups is 2. The standard InChI is InChI=1S/C21H23N3O3/c1-23-17-10-4-2-8-15(17)21(26)22-20(23)16-9-3-5-11-18(16)27-14-19(25)24-12-6-7-13-24/h2-5,8-11,20H,6-7,12-14H2,1H3,(H,22,26)/t20-/m0/s1. The summed E-state index contributed by atoms with van der Waals surface area (Å²) in [6.45, 7) is 1.63. The molecule has 0 saturated carbocycles. The van der Waals surface area contributed by atoms with Crippen molar-refractivity contribution in [1.82, 2.24) is 10.2 Å². The summed E-state index contributed by atoms with van der Waals surface area (Å²) in [5, 5.41) is 3.03. The first-order chi connectivity index (χ1) is 13.1. The van der Waals surface area contributed by atoms with Crippen molar-refractivity contribution < 1.29 is 14.3 Å². The van der Waals surface area contributed by atoms with Crippen molar-refractivity contribution >= 4 is 17.5 Å². The van der Waals surface area contributed by atoms with Gasteiger partial charge in [-0.15, -0.1) is 0 Å². The van der Waals surface area contributed by atoms with E-state index in [1.807, 2.05) is 65.4 Å². The zero-order valence-corrected chi connectivity index (χ0v) is 15.4. The second-order valence-electron chi connectivity index (χ2n) is 6.92. The van der Waals surface area contributed by atoms with Gasteiger partial charge in [-0.3, -0.25) is 9.59 Å². The largest absolute Gasteiger partial charge is 0.483 e. The van der Waals surface area contributed by atoms with E-state index in [1.54, 1.807) is 0 Å². The third-order valence-corrected chi connectivity index (χ3v) is 5.21. The van der Waals surface area contributed by atoms with Gasteiger partial charge in [0.15, 0.2) is 6.61 Å². The summed E-state index contributed by atoms with van der Waals surface area (Å²) in [4.78, 5) is 28.7. The fourth-order valence-electron chi connectivity index (χ4n) is 3.73. The zero-order valence-electron chi connectivity index (χ0n) is 15.4. The smallest absolute Gasteiger partial charge is 0.260 e. The van der Waals surface area contributed by atoms with Crippen LogP contribution in [0.1, 0.15) is 34.9 Å². The summed E-state index contributed by atoms with van der Waals surface area (Å²) in [5.74, 6) is 0.506. The lowest BCUT2D eigenvalue weighted by Crippen LogP contribution is -2.44. The molecule has 140 valence electrons. The number of likely N-dealkylation sites (tertiary alicyclic amines) is 1. The van der Waals surface area contributed by atoms with E-state index in [0.29, 0.717) is 11.3 Å². The average Bonchev–Trinajstić information content (AvgIpc) is 3.24. The first-order valence-electron chi connectivity index (χ1n) is 9.27. The van der Waals surface area contributed by atoms with Crippen LogP contribution in [-0.2, 0) is 4.79 Å². The van der Waals surface area contributed by atoms with Gasteiger partial charge in [0.25, 0.3) is 11.8 Å². The van der Waals surface area contributed by atoms with Gasteiger partial charge in [-0.1, -0.05) is 30.3 Å². The summed E-state index contributed by atoms with van der Waals surface area (Å²) in [6.07, 6.45) is 1.76. The maximum absolute atomic E-state index is 12.5. The lowest BCUT2D eigenvalue weighted by molar-refractivity contribution is -0.132. The molecule has 27 heavy (non-hydrogen) atoms. The Morgan fingerprint density at radius 2 is 1.81 bits per heavy atom. The minimum absolute atomic E-state index is 0.00804. The van der Waals surface area contributed by atoms with Crippen molar-refractivity contribution in [3.05, 3.63) is 59.7 Å². The fraction of sp³-hybridized carbons (Fsp3) is 0.333. The van der Waals surface area contributed by atoms with Crippen LogP contribution in [-0.4, -0.2) is 43.5 Å². The number of rotatable bonds is 4. The molecular formula is C21H23N3O3. The molecular weight excluding hydrogens is 342 g/mol. The molecule has 1 N–H and O–H groups in total. The quantitative estimate of drug-likeness (QED) is 0.905. The Labute approximate surface area is 158 Å². The highest BCUT2D eigenvalue weighted by atomic mass is 16.5. The molecule has 2 aromatic rings. The van der Waals surface area contributed by atoms with Crippen LogP contribution >= 0.6 is 0 Å². The molecule has 0 spiro atoms. The normalized spacial score (nSPS) is 18.9. The lowest BCUT2D eigenvalue weighted by atomic mass is 10.0. The topological polar surface area (TPSA) is 61.9 Å². The molecule has 0 bridgehead atoms. The molecule has 0 aromatic heterocycles. The van der Waals surface area contributed by atoms with Crippen molar-refractivity contribution in [3.8, 4) is 5.75 Å². The van der Waals surface area contributed by atoms with Crippen LogP contribution in [0.15, 0.2) is 48.5 Å². The Morgan fingerprint density at radius 3 is 2.63 bits per heavy atom. The summed E-state index contributed by atoms with van der Waals surface area (Å²) in [6, 6.07) is 15.1. The highest BCUT2D eigenvalue weighted by Gasteiger charge is 2.31. The van der Waals surface area contributed by atoms with Crippen LogP contribution in [0.2, 0.25) is 0 Å². The number of carbonyl (C=O) groups excluding carboxylic acids is 2. The van der Waals surface area contributed by atoms with Crippen molar-refractivity contribution in [2.24, 2.45) is 0 Å². The Morgan fingerprint density at radius 1 is 1.11 bits per heavy atom. The number of amides is 2. The molecule has 2 aliphatic rings. The van der Waals surface area contributed by atoms with Gasteiger partial charge in [-0.25, -0.2) is 0 Å². The Balaban J connectivity index is 1.56. The Bertz CT molecular complexity index is 861. The summed E-state index contributed by atoms with van der Waals surface area (Å²) < 4.78 is 5.87. The minimum atomic E-state index is -0.356. The Hall–Kier alpha value is -3.02. The zero-order chi connectivity index (χ0) is 18.8. The number of ether oxygens (including phenoxy) is 1. The van der Waals surface area contributed by atoms with Crippen LogP contribution in [0.25, 0.3) is 0 Å². The predicted octanol–water partition coefficient (Wildman–Crippen LogP) is 2.57. The number of nitrogens with zero attached hydrogens (tertiary/aromatic N) is 2. The van der Waals surface area contributed by atoms with Crippen LogP contribution in [0, 0.1) is 0 Å². The maximum atomic E-state index is 12.5. The molecule has 2 aromatic carbocycles. The van der Waals surface area contributed by atoms with E-state index in [4.69, 9.17) is 4.74 Å². The van der Waals surface area contributed by atoms with E-state index in [0.717, 1.165) is 37.2 Å². The van der Waals surface area contributed by atoms with E-state index in [9.17, 15) is 9.59 Å². The monoisotopic (exact) mass is 365 g/mol. The molecule has 2 amide bonds. The van der Waals surface area contributed by atoms with Gasteiger partial charge in [0.1, 0.15) is 11.9 Å². The molecule has 6 heteroatoms. The van der Waals surface area contributed by atoms with E-state index in [2.05, 4.69) is 5.32 Å². The molecule has 1 saturated heterocycles.